The average molecular weight is 222 g/mol. The van der Waals surface area contributed by atoms with Crippen LogP contribution in [-0.2, 0) is 0 Å². The second-order valence-electron chi connectivity index (χ2n) is 4.78. The summed E-state index contributed by atoms with van der Waals surface area (Å²) in [7, 11) is 0. The molecule has 4 nitrogen and oxygen atoms in total. The van der Waals surface area contributed by atoms with Crippen LogP contribution < -0.4 is 10.0 Å². The Morgan fingerprint density at radius 1 is 1.38 bits per heavy atom. The summed E-state index contributed by atoms with van der Waals surface area (Å²) in [6.07, 6.45) is 2.63. The first-order valence-corrected chi connectivity index (χ1v) is 5.34. The number of carbonyl (C=O) groups excluding carboxylic acids is 1. The Hall–Kier alpha value is -1.58. The average Bonchev–Trinajstić information content (AvgIpc) is 2.17. The molecule has 4 heteroatoms. The fourth-order valence-corrected chi connectivity index (χ4v) is 1.07. The second kappa shape index (κ2) is 4.51. The summed E-state index contributed by atoms with van der Waals surface area (Å²) in [6.45, 7) is 8.06. The highest BCUT2D eigenvalue weighted by atomic mass is 16.5. The van der Waals surface area contributed by atoms with Crippen molar-refractivity contribution in [3.63, 3.8) is 0 Å². The molecule has 16 heavy (non-hydrogen) atoms. The van der Waals surface area contributed by atoms with E-state index in [1.807, 2.05) is 13.8 Å². The largest absolute Gasteiger partial charge is 0.619 e. The van der Waals surface area contributed by atoms with Crippen LogP contribution in [0, 0.1) is 11.1 Å². The summed E-state index contributed by atoms with van der Waals surface area (Å²) >= 11 is 0. The highest BCUT2D eigenvalue weighted by Gasteiger charge is 2.24. The van der Waals surface area contributed by atoms with E-state index in [0.717, 1.165) is 0 Å². The molecular weight excluding hydrogens is 204 g/mol. The van der Waals surface area contributed by atoms with Gasteiger partial charge in [-0.05, 0) is 19.8 Å². The normalized spacial score (nSPS) is 11.6. The molecule has 0 atom stereocenters. The number of amides is 1. The lowest BCUT2D eigenvalue weighted by Gasteiger charge is -2.30. The molecule has 0 radical (unpaired) electrons. The zero-order valence-electron chi connectivity index (χ0n) is 10.2. The molecule has 1 heterocycles. The number of nitrogens with zero attached hydrogens (tertiary/aromatic N) is 1. The van der Waals surface area contributed by atoms with Crippen LogP contribution in [0.1, 0.15) is 38.1 Å². The van der Waals surface area contributed by atoms with Gasteiger partial charge in [-0.1, -0.05) is 13.8 Å². The predicted octanol–water partition coefficient (Wildman–Crippen LogP) is 1.48. The number of hydrogen-bond donors (Lipinski definition) is 1. The summed E-state index contributed by atoms with van der Waals surface area (Å²) in [4.78, 5) is 11.9. The fraction of sp³-hybridized carbons (Fsp3) is 0.500. The van der Waals surface area contributed by atoms with Crippen molar-refractivity contribution in [3.8, 4) is 0 Å². The Morgan fingerprint density at radius 2 is 1.88 bits per heavy atom. The molecule has 0 saturated heterocycles. The number of nitrogens with one attached hydrogen (secondary N) is 1. The van der Waals surface area contributed by atoms with Crippen molar-refractivity contribution < 1.29 is 9.52 Å². The molecule has 0 aromatic carbocycles. The van der Waals surface area contributed by atoms with Crippen LogP contribution in [-0.4, -0.2) is 11.4 Å². The van der Waals surface area contributed by atoms with Crippen molar-refractivity contribution in [3.05, 3.63) is 35.3 Å². The van der Waals surface area contributed by atoms with Gasteiger partial charge in [-0.3, -0.25) is 4.79 Å². The number of aromatic nitrogens is 1. The summed E-state index contributed by atoms with van der Waals surface area (Å²) in [5.74, 6) is 0.184. The molecule has 0 fully saturated rings. The van der Waals surface area contributed by atoms with Crippen LogP contribution in [0.4, 0.5) is 0 Å². The van der Waals surface area contributed by atoms with Crippen molar-refractivity contribution in [1.29, 1.82) is 0 Å². The zero-order chi connectivity index (χ0) is 12.3. The summed E-state index contributed by atoms with van der Waals surface area (Å²) in [5.41, 5.74) is 0.237. The van der Waals surface area contributed by atoms with Gasteiger partial charge in [0.05, 0.1) is 5.56 Å². The number of carbonyl (C=O) groups is 1. The fourth-order valence-electron chi connectivity index (χ4n) is 1.07. The van der Waals surface area contributed by atoms with Gasteiger partial charge >= 0.3 is 0 Å². The molecule has 0 unspecified atom stereocenters. The van der Waals surface area contributed by atoms with Gasteiger partial charge in [-0.25, -0.2) is 0 Å². The van der Waals surface area contributed by atoms with E-state index >= 15 is 0 Å². The van der Waals surface area contributed by atoms with E-state index in [9.17, 15) is 10.0 Å². The first-order chi connectivity index (χ1) is 7.33. The van der Waals surface area contributed by atoms with Crippen LogP contribution in [0.3, 0.4) is 0 Å². The molecule has 0 aliphatic carbocycles. The SMILES string of the molecule is CC(C)C(C)(C)NC(=O)c1cc[n+]([O-])cc1. The lowest BCUT2D eigenvalue weighted by atomic mass is 9.90. The van der Waals surface area contributed by atoms with E-state index in [1.165, 1.54) is 24.5 Å². The van der Waals surface area contributed by atoms with E-state index in [4.69, 9.17) is 0 Å². The summed E-state index contributed by atoms with van der Waals surface area (Å²) in [5, 5.41) is 13.8. The Bertz CT molecular complexity index is 369. The third-order valence-electron chi connectivity index (χ3n) is 2.94. The Balaban J connectivity index is 2.77. The topological polar surface area (TPSA) is 56.0 Å². The number of hydrogen-bond acceptors (Lipinski definition) is 2. The maximum atomic E-state index is 11.9. The molecule has 0 aliphatic rings. The zero-order valence-corrected chi connectivity index (χ0v) is 10.2. The second-order valence-corrected chi connectivity index (χ2v) is 4.78. The smallest absolute Gasteiger partial charge is 0.252 e. The highest BCUT2D eigenvalue weighted by Crippen LogP contribution is 2.15. The van der Waals surface area contributed by atoms with Crippen LogP contribution in [0.5, 0.6) is 0 Å². The highest BCUT2D eigenvalue weighted by molar-refractivity contribution is 5.94. The molecule has 0 aliphatic heterocycles. The lowest BCUT2D eigenvalue weighted by molar-refractivity contribution is -0.605. The molecule has 1 aromatic rings. The van der Waals surface area contributed by atoms with Crippen molar-refractivity contribution in [2.45, 2.75) is 33.2 Å². The maximum absolute atomic E-state index is 11.9. The minimum atomic E-state index is -0.264. The van der Waals surface area contributed by atoms with Gasteiger partial charge in [0.1, 0.15) is 0 Å². The van der Waals surface area contributed by atoms with Crippen LogP contribution in [0.2, 0.25) is 0 Å². The molecule has 1 N–H and O–H groups in total. The minimum absolute atomic E-state index is 0.153. The van der Waals surface area contributed by atoms with Crippen LogP contribution >= 0.6 is 0 Å². The minimum Gasteiger partial charge on any atom is -0.619 e. The third-order valence-corrected chi connectivity index (χ3v) is 2.94. The Kier molecular flexibility index (Phi) is 3.52. The van der Waals surface area contributed by atoms with Gasteiger partial charge in [0.25, 0.3) is 5.91 Å². The van der Waals surface area contributed by atoms with Gasteiger partial charge in [-0.15, -0.1) is 0 Å². The van der Waals surface area contributed by atoms with Gasteiger partial charge in [-0.2, -0.15) is 4.73 Å². The van der Waals surface area contributed by atoms with Crippen molar-refractivity contribution in [1.82, 2.24) is 5.32 Å². The summed E-state index contributed by atoms with van der Waals surface area (Å²) < 4.78 is 0.657. The van der Waals surface area contributed by atoms with Gasteiger partial charge in [0.2, 0.25) is 0 Å². The molecule has 0 spiro atoms. The standard InChI is InChI=1S/C12H18N2O2/c1-9(2)12(3,4)13-11(15)10-5-7-14(16)8-6-10/h5-9H,1-4H3,(H,13,15). The van der Waals surface area contributed by atoms with Crippen molar-refractivity contribution >= 4 is 5.91 Å². The van der Waals surface area contributed by atoms with Crippen molar-refractivity contribution in [2.75, 3.05) is 0 Å². The molecule has 1 amide bonds. The van der Waals surface area contributed by atoms with E-state index < -0.39 is 0 Å². The first kappa shape index (κ1) is 12.5. The predicted molar refractivity (Wildman–Crippen MR) is 61.8 cm³/mol. The van der Waals surface area contributed by atoms with E-state index in [0.29, 0.717) is 16.2 Å². The maximum Gasteiger partial charge on any atom is 0.252 e. The lowest BCUT2D eigenvalue weighted by Crippen LogP contribution is -2.47. The molecule has 0 bridgehead atoms. The molecule has 88 valence electrons. The number of pyridine rings is 1. The summed E-state index contributed by atoms with van der Waals surface area (Å²) in [6, 6.07) is 3.03. The van der Waals surface area contributed by atoms with Crippen LogP contribution in [0.15, 0.2) is 24.5 Å². The van der Waals surface area contributed by atoms with Gasteiger partial charge < -0.3 is 10.5 Å². The monoisotopic (exact) mass is 222 g/mol. The Morgan fingerprint density at radius 3 is 2.31 bits per heavy atom. The van der Waals surface area contributed by atoms with E-state index in [-0.39, 0.29) is 11.4 Å². The Labute approximate surface area is 95.9 Å². The quantitative estimate of drug-likeness (QED) is 0.622. The van der Waals surface area contributed by atoms with E-state index in [1.54, 1.807) is 0 Å². The third kappa shape index (κ3) is 2.95. The van der Waals surface area contributed by atoms with Gasteiger partial charge in [0, 0.05) is 17.7 Å². The number of rotatable bonds is 3. The molecule has 0 saturated carbocycles. The first-order valence-electron chi connectivity index (χ1n) is 5.34. The van der Waals surface area contributed by atoms with Crippen LogP contribution in [0.25, 0.3) is 0 Å². The van der Waals surface area contributed by atoms with Gasteiger partial charge in [0.15, 0.2) is 12.4 Å². The molecule has 1 aromatic heterocycles. The molecular formula is C12H18N2O2. The van der Waals surface area contributed by atoms with E-state index in [2.05, 4.69) is 19.2 Å². The van der Waals surface area contributed by atoms with Crippen molar-refractivity contribution in [2.24, 2.45) is 5.92 Å². The molecule has 1 rings (SSSR count).